The van der Waals surface area contributed by atoms with Crippen molar-refractivity contribution in [2.45, 2.75) is 117 Å². The number of H-pyrrole nitrogens is 1. The lowest BCUT2D eigenvalue weighted by atomic mass is 9.78. The zero-order valence-electron chi connectivity index (χ0n) is 24.6. The summed E-state index contributed by atoms with van der Waals surface area (Å²) < 4.78 is 18.6. The molecule has 2 aliphatic heterocycles. The summed E-state index contributed by atoms with van der Waals surface area (Å²) in [5.74, 6) is 1.54. The Hall–Kier alpha value is -2.32. The molecule has 2 saturated heterocycles. The summed E-state index contributed by atoms with van der Waals surface area (Å²) in [5, 5.41) is 0. The third-order valence-corrected chi connectivity index (χ3v) is 8.36. The molecule has 0 aliphatic carbocycles. The molecule has 38 heavy (non-hydrogen) atoms. The Morgan fingerprint density at radius 1 is 1.24 bits per heavy atom. The summed E-state index contributed by atoms with van der Waals surface area (Å²) in [5.41, 5.74) is 1.65. The van der Waals surface area contributed by atoms with Crippen molar-refractivity contribution in [1.82, 2.24) is 14.9 Å². The average molecular weight is 524 g/mol. The third-order valence-electron chi connectivity index (χ3n) is 8.36. The molecule has 2 fully saturated rings. The number of nitrogens with one attached hydrogen (secondary N) is 1. The summed E-state index contributed by atoms with van der Waals surface area (Å²) >= 11 is 0. The molecule has 0 radical (unpaired) electrons. The molecule has 1 N–H and O–H groups in total. The van der Waals surface area contributed by atoms with Gasteiger partial charge in [-0.05, 0) is 72.2 Å². The number of imidazole rings is 1. The Morgan fingerprint density at radius 3 is 2.61 bits per heavy atom. The van der Waals surface area contributed by atoms with Gasteiger partial charge in [-0.1, -0.05) is 57.4 Å². The van der Waals surface area contributed by atoms with Crippen LogP contribution >= 0.6 is 0 Å². The Balaban J connectivity index is 1.42. The lowest BCUT2D eigenvalue weighted by Crippen LogP contribution is -2.44. The second-order valence-electron chi connectivity index (χ2n) is 12.8. The number of benzene rings is 1. The van der Waals surface area contributed by atoms with Crippen LogP contribution in [0.25, 0.3) is 11.3 Å². The van der Waals surface area contributed by atoms with Crippen LogP contribution in [0.2, 0.25) is 0 Å². The van der Waals surface area contributed by atoms with Crippen LogP contribution in [0.3, 0.4) is 0 Å². The van der Waals surface area contributed by atoms with Crippen LogP contribution in [0.15, 0.2) is 30.5 Å². The van der Waals surface area contributed by atoms with E-state index in [0.29, 0.717) is 6.54 Å². The first-order chi connectivity index (χ1) is 17.8. The number of carbonyl (C=O) groups is 1. The predicted molar refractivity (Wildman–Crippen MR) is 152 cm³/mol. The Kier molecular flexibility index (Phi) is 8.34. The van der Waals surface area contributed by atoms with Crippen LogP contribution in [-0.2, 0) is 14.0 Å². The summed E-state index contributed by atoms with van der Waals surface area (Å²) in [6.45, 7) is 17.4. The molecule has 0 saturated carbocycles. The molecule has 3 atom stereocenters. The van der Waals surface area contributed by atoms with Crippen LogP contribution in [0.4, 0.5) is 4.79 Å². The van der Waals surface area contributed by atoms with E-state index in [4.69, 9.17) is 19.0 Å². The number of likely N-dealkylation sites (tertiary alicyclic amines) is 1. The van der Waals surface area contributed by atoms with Crippen molar-refractivity contribution < 1.29 is 18.8 Å². The minimum Gasteiger partial charge on any atom is -0.444 e. The first kappa shape index (κ1) is 28.7. The maximum Gasteiger partial charge on any atom is 0.494 e. The van der Waals surface area contributed by atoms with Gasteiger partial charge >= 0.3 is 13.2 Å². The average Bonchev–Trinajstić information content (AvgIpc) is 3.56. The van der Waals surface area contributed by atoms with E-state index in [-0.39, 0.29) is 30.5 Å². The number of ether oxygens (including phenoxy) is 1. The van der Waals surface area contributed by atoms with E-state index in [1.54, 1.807) is 4.90 Å². The van der Waals surface area contributed by atoms with Crippen molar-refractivity contribution in [3.05, 3.63) is 36.3 Å². The van der Waals surface area contributed by atoms with Crippen molar-refractivity contribution in [3.63, 3.8) is 0 Å². The van der Waals surface area contributed by atoms with Crippen LogP contribution < -0.4 is 5.46 Å². The number of amides is 1. The van der Waals surface area contributed by atoms with Crippen LogP contribution in [0.1, 0.15) is 106 Å². The van der Waals surface area contributed by atoms with Crippen molar-refractivity contribution in [1.29, 1.82) is 0 Å². The Morgan fingerprint density at radius 2 is 1.95 bits per heavy atom. The van der Waals surface area contributed by atoms with E-state index >= 15 is 0 Å². The zero-order valence-corrected chi connectivity index (χ0v) is 24.6. The van der Waals surface area contributed by atoms with E-state index < -0.39 is 5.60 Å². The number of aromatic nitrogens is 2. The van der Waals surface area contributed by atoms with Crippen molar-refractivity contribution in [3.8, 4) is 11.3 Å². The molecule has 4 rings (SSSR count). The minimum absolute atomic E-state index is 0.0987. The summed E-state index contributed by atoms with van der Waals surface area (Å²) in [4.78, 5) is 22.7. The number of hydrogen-bond acceptors (Lipinski definition) is 5. The van der Waals surface area contributed by atoms with Crippen molar-refractivity contribution >= 4 is 18.7 Å². The molecule has 1 amide bonds. The number of rotatable bonds is 8. The van der Waals surface area contributed by atoms with Gasteiger partial charge in [-0.3, -0.25) is 4.90 Å². The van der Waals surface area contributed by atoms with Gasteiger partial charge in [-0.15, -0.1) is 0 Å². The Bertz CT molecular complexity index is 1090. The zero-order chi connectivity index (χ0) is 27.7. The van der Waals surface area contributed by atoms with Crippen LogP contribution in [-0.4, -0.2) is 51.4 Å². The van der Waals surface area contributed by atoms with Crippen LogP contribution in [0, 0.1) is 5.92 Å². The van der Waals surface area contributed by atoms with Gasteiger partial charge in [-0.2, -0.15) is 0 Å². The lowest BCUT2D eigenvalue weighted by molar-refractivity contribution is -0.0177. The molecular weight excluding hydrogens is 477 g/mol. The maximum atomic E-state index is 12.7. The molecule has 3 heterocycles. The highest BCUT2D eigenvalue weighted by atomic mass is 16.7. The van der Waals surface area contributed by atoms with Gasteiger partial charge < -0.3 is 19.0 Å². The normalized spacial score (nSPS) is 24.2. The first-order valence-corrected chi connectivity index (χ1v) is 14.3. The fraction of sp³-hybridized carbons (Fsp3) is 0.667. The predicted octanol–water partition coefficient (Wildman–Crippen LogP) is 6.64. The molecule has 3 unspecified atom stereocenters. The van der Waals surface area contributed by atoms with E-state index in [1.165, 1.54) is 12.8 Å². The van der Waals surface area contributed by atoms with Gasteiger partial charge in [0.1, 0.15) is 11.4 Å². The monoisotopic (exact) mass is 523 g/mol. The molecule has 2 aliphatic rings. The summed E-state index contributed by atoms with van der Waals surface area (Å²) in [6.07, 6.45) is 7.98. The summed E-state index contributed by atoms with van der Waals surface area (Å²) in [6, 6.07) is 8.16. The van der Waals surface area contributed by atoms with Crippen LogP contribution in [0.5, 0.6) is 0 Å². The van der Waals surface area contributed by atoms with Gasteiger partial charge in [-0.25, -0.2) is 9.78 Å². The molecule has 0 bridgehead atoms. The maximum absolute atomic E-state index is 12.7. The molecule has 1 aromatic heterocycles. The summed E-state index contributed by atoms with van der Waals surface area (Å²) in [7, 11) is -0.386. The van der Waals surface area contributed by atoms with E-state index in [1.807, 2.05) is 27.0 Å². The van der Waals surface area contributed by atoms with Gasteiger partial charge in [0.15, 0.2) is 0 Å². The largest absolute Gasteiger partial charge is 0.494 e. The highest BCUT2D eigenvalue weighted by Gasteiger charge is 2.54. The minimum atomic E-state index is -0.521. The van der Waals surface area contributed by atoms with E-state index in [2.05, 4.69) is 63.9 Å². The van der Waals surface area contributed by atoms with Crippen molar-refractivity contribution in [2.24, 2.45) is 5.92 Å². The van der Waals surface area contributed by atoms with Gasteiger partial charge in [0.05, 0.1) is 22.9 Å². The lowest BCUT2D eigenvalue weighted by Gasteiger charge is -2.36. The molecule has 2 aromatic rings. The SMILES string of the molecule is CCC(C)CCCC1(C)OB(c2ccc(-c3c[nH]c(C4CCCN4C(=O)OC(C)(C)C)n3)cc2)OC1(C)C. The molecule has 8 heteroatoms. The number of hydrogen-bond donors (Lipinski definition) is 1. The number of aromatic amines is 1. The molecule has 1 aromatic carbocycles. The second-order valence-corrected chi connectivity index (χ2v) is 12.8. The first-order valence-electron chi connectivity index (χ1n) is 14.3. The third kappa shape index (κ3) is 6.28. The van der Waals surface area contributed by atoms with Gasteiger partial charge in [0.2, 0.25) is 0 Å². The fourth-order valence-corrected chi connectivity index (χ4v) is 5.34. The quantitative estimate of drug-likeness (QED) is 0.393. The van der Waals surface area contributed by atoms with E-state index in [0.717, 1.165) is 54.1 Å². The standard InChI is InChI=1S/C30H46BN3O4/c1-9-21(2)12-10-18-30(8)29(6,7)37-31(38-30)23-16-14-22(15-17-23)24-20-32-26(33-24)25-13-11-19-34(25)27(35)36-28(3,4)5/h14-17,20-21,25H,9-13,18-19H2,1-8H3,(H,32,33). The number of nitrogens with zero attached hydrogens (tertiary/aromatic N) is 2. The molecule has 208 valence electrons. The fourth-order valence-electron chi connectivity index (χ4n) is 5.34. The second kappa shape index (κ2) is 11.0. The highest BCUT2D eigenvalue weighted by molar-refractivity contribution is 6.62. The van der Waals surface area contributed by atoms with Gasteiger partial charge in [0, 0.05) is 18.3 Å². The molecule has 7 nitrogen and oxygen atoms in total. The molecular formula is C30H46BN3O4. The molecule has 0 spiro atoms. The number of carbonyl (C=O) groups excluding carboxylic acids is 1. The van der Waals surface area contributed by atoms with Gasteiger partial charge in [0.25, 0.3) is 0 Å². The highest BCUT2D eigenvalue weighted by Crippen LogP contribution is 2.41. The Labute approximate surface area is 229 Å². The smallest absolute Gasteiger partial charge is 0.444 e. The van der Waals surface area contributed by atoms with Crippen molar-refractivity contribution in [2.75, 3.05) is 6.54 Å². The topological polar surface area (TPSA) is 76.7 Å². The van der Waals surface area contributed by atoms with E-state index in [9.17, 15) is 4.79 Å².